The van der Waals surface area contributed by atoms with Gasteiger partial charge in [-0.25, -0.2) is 4.39 Å². The molecular weight excluding hydrogens is 331 g/mol. The normalized spacial score (nSPS) is 17.7. The van der Waals surface area contributed by atoms with E-state index < -0.39 is 5.82 Å². The molecular formula is C20H23FN4O. The van der Waals surface area contributed by atoms with Crippen LogP contribution < -0.4 is 5.32 Å². The fourth-order valence-electron chi connectivity index (χ4n) is 3.72. The number of likely N-dealkylation sites (tertiary alicyclic amines) is 1. The van der Waals surface area contributed by atoms with E-state index in [0.29, 0.717) is 12.2 Å². The van der Waals surface area contributed by atoms with Gasteiger partial charge in [-0.2, -0.15) is 5.26 Å². The Kier molecular flexibility index (Phi) is 5.38. The lowest BCUT2D eigenvalue weighted by Crippen LogP contribution is -2.34. The number of hydrogen-bond donors (Lipinski definition) is 1. The van der Waals surface area contributed by atoms with Crippen molar-refractivity contribution in [2.45, 2.75) is 31.8 Å². The molecule has 1 aromatic heterocycles. The van der Waals surface area contributed by atoms with E-state index in [-0.39, 0.29) is 17.5 Å². The van der Waals surface area contributed by atoms with E-state index in [1.54, 1.807) is 19.2 Å². The minimum atomic E-state index is -0.482. The zero-order chi connectivity index (χ0) is 18.7. The van der Waals surface area contributed by atoms with Crippen molar-refractivity contribution in [3.8, 4) is 6.07 Å². The van der Waals surface area contributed by atoms with E-state index in [2.05, 4.69) is 10.2 Å². The third-order valence-corrected chi connectivity index (χ3v) is 5.11. The Morgan fingerprint density at radius 2 is 2.15 bits per heavy atom. The van der Waals surface area contributed by atoms with Crippen molar-refractivity contribution >= 4 is 5.91 Å². The van der Waals surface area contributed by atoms with Crippen LogP contribution in [0.5, 0.6) is 0 Å². The first-order valence-corrected chi connectivity index (χ1v) is 8.85. The second-order valence-electron chi connectivity index (χ2n) is 6.69. The summed E-state index contributed by atoms with van der Waals surface area (Å²) >= 11 is 0. The zero-order valence-electron chi connectivity index (χ0n) is 15.1. The van der Waals surface area contributed by atoms with Gasteiger partial charge < -0.3 is 9.88 Å². The highest BCUT2D eigenvalue weighted by Crippen LogP contribution is 2.33. The van der Waals surface area contributed by atoms with E-state index in [1.807, 2.05) is 29.8 Å². The van der Waals surface area contributed by atoms with E-state index in [9.17, 15) is 9.18 Å². The quantitative estimate of drug-likeness (QED) is 0.918. The predicted molar refractivity (Wildman–Crippen MR) is 96.9 cm³/mol. The molecule has 1 aliphatic heterocycles. The summed E-state index contributed by atoms with van der Waals surface area (Å²) in [6, 6.07) is 10.7. The number of halogens is 1. The molecule has 1 amide bonds. The number of hydrogen-bond acceptors (Lipinski definition) is 3. The Morgan fingerprint density at radius 1 is 1.35 bits per heavy atom. The topological polar surface area (TPSA) is 61.1 Å². The van der Waals surface area contributed by atoms with Crippen LogP contribution >= 0.6 is 0 Å². The number of amides is 1. The van der Waals surface area contributed by atoms with Gasteiger partial charge in [0.1, 0.15) is 17.6 Å². The summed E-state index contributed by atoms with van der Waals surface area (Å²) in [6.07, 6.45) is 3.25. The van der Waals surface area contributed by atoms with E-state index in [4.69, 9.17) is 5.26 Å². The Balaban J connectivity index is 1.86. The van der Waals surface area contributed by atoms with Gasteiger partial charge in [0.2, 0.25) is 0 Å². The van der Waals surface area contributed by atoms with Crippen molar-refractivity contribution in [3.63, 3.8) is 0 Å². The van der Waals surface area contributed by atoms with Gasteiger partial charge in [-0.15, -0.1) is 0 Å². The van der Waals surface area contributed by atoms with Crippen LogP contribution in [-0.2, 0) is 13.6 Å². The first kappa shape index (κ1) is 18.2. The van der Waals surface area contributed by atoms with Crippen molar-refractivity contribution in [2.24, 2.45) is 7.05 Å². The van der Waals surface area contributed by atoms with Crippen molar-refractivity contribution in [2.75, 3.05) is 13.6 Å². The minimum Gasteiger partial charge on any atom is -0.354 e. The van der Waals surface area contributed by atoms with Gasteiger partial charge in [0.15, 0.2) is 0 Å². The van der Waals surface area contributed by atoms with Gasteiger partial charge in [0.25, 0.3) is 5.91 Å². The van der Waals surface area contributed by atoms with Gasteiger partial charge >= 0.3 is 0 Å². The SMILES string of the molecule is CNC(=O)c1ccc([C@H]2CCCCN2Cc2ccc(F)c(C#N)c2)n1C. The highest BCUT2D eigenvalue weighted by molar-refractivity contribution is 5.92. The van der Waals surface area contributed by atoms with Crippen molar-refractivity contribution in [3.05, 3.63) is 58.7 Å². The highest BCUT2D eigenvalue weighted by atomic mass is 19.1. The Hall–Kier alpha value is -2.65. The summed E-state index contributed by atoms with van der Waals surface area (Å²) in [5.74, 6) is -0.581. The summed E-state index contributed by atoms with van der Waals surface area (Å²) in [5.41, 5.74) is 2.75. The standard InChI is InChI=1S/C20H23FN4O/c1-23-20(26)19-9-8-17(24(19)2)18-5-3-4-10-25(18)13-14-6-7-16(21)15(11-14)12-22/h6-9,11,18H,3-5,10,13H2,1-2H3,(H,23,26)/t18-/m1/s1. The summed E-state index contributed by atoms with van der Waals surface area (Å²) in [7, 11) is 3.54. The maximum atomic E-state index is 13.6. The lowest BCUT2D eigenvalue weighted by Gasteiger charge is -2.36. The number of benzene rings is 1. The molecule has 1 aromatic carbocycles. The molecule has 5 nitrogen and oxygen atoms in total. The smallest absolute Gasteiger partial charge is 0.267 e. The molecule has 1 aliphatic rings. The Bertz CT molecular complexity index is 852. The first-order valence-electron chi connectivity index (χ1n) is 8.85. The van der Waals surface area contributed by atoms with Crippen LogP contribution in [0.1, 0.15) is 52.6 Å². The molecule has 6 heteroatoms. The molecule has 0 spiro atoms. The van der Waals surface area contributed by atoms with Gasteiger partial charge in [-0.1, -0.05) is 12.5 Å². The second kappa shape index (κ2) is 7.71. The maximum Gasteiger partial charge on any atom is 0.267 e. The van der Waals surface area contributed by atoms with Crippen molar-refractivity contribution < 1.29 is 9.18 Å². The number of nitrogens with one attached hydrogen (secondary N) is 1. The molecule has 26 heavy (non-hydrogen) atoms. The summed E-state index contributed by atoms with van der Waals surface area (Å²) in [4.78, 5) is 14.3. The molecule has 136 valence electrons. The fourth-order valence-corrected chi connectivity index (χ4v) is 3.72. The van der Waals surface area contributed by atoms with Crippen molar-refractivity contribution in [1.29, 1.82) is 5.26 Å². The van der Waals surface area contributed by atoms with Crippen LogP contribution in [0.4, 0.5) is 4.39 Å². The lowest BCUT2D eigenvalue weighted by atomic mass is 9.98. The Labute approximate surface area is 153 Å². The molecule has 2 heterocycles. The molecule has 0 aliphatic carbocycles. The monoisotopic (exact) mass is 354 g/mol. The van der Waals surface area contributed by atoms with Crippen LogP contribution in [0.15, 0.2) is 30.3 Å². The van der Waals surface area contributed by atoms with E-state index in [0.717, 1.165) is 37.1 Å². The van der Waals surface area contributed by atoms with Crippen LogP contribution in [0.3, 0.4) is 0 Å². The Morgan fingerprint density at radius 3 is 2.88 bits per heavy atom. The van der Waals surface area contributed by atoms with E-state index in [1.165, 1.54) is 6.07 Å². The number of nitrogens with zero attached hydrogens (tertiary/aromatic N) is 3. The molecule has 1 atom stereocenters. The van der Waals surface area contributed by atoms with Gasteiger partial charge in [0.05, 0.1) is 11.6 Å². The lowest BCUT2D eigenvalue weighted by molar-refractivity contribution is 0.0952. The number of nitriles is 1. The number of piperidine rings is 1. The first-order chi connectivity index (χ1) is 12.5. The average molecular weight is 354 g/mol. The largest absolute Gasteiger partial charge is 0.354 e. The number of carbonyl (C=O) groups excluding carboxylic acids is 1. The fraction of sp³-hybridized carbons (Fsp3) is 0.400. The average Bonchev–Trinajstić information content (AvgIpc) is 3.04. The third kappa shape index (κ3) is 3.49. The molecule has 1 fully saturated rings. The highest BCUT2D eigenvalue weighted by Gasteiger charge is 2.27. The second-order valence-corrected chi connectivity index (χ2v) is 6.69. The van der Waals surface area contributed by atoms with Crippen LogP contribution in [0.2, 0.25) is 0 Å². The molecule has 3 rings (SSSR count). The number of carbonyl (C=O) groups is 1. The summed E-state index contributed by atoms with van der Waals surface area (Å²) < 4.78 is 15.5. The van der Waals surface area contributed by atoms with Crippen molar-refractivity contribution in [1.82, 2.24) is 14.8 Å². The van der Waals surface area contributed by atoms with Gasteiger partial charge in [-0.05, 0) is 49.2 Å². The van der Waals surface area contributed by atoms with Crippen LogP contribution in [0.25, 0.3) is 0 Å². The van der Waals surface area contributed by atoms with Gasteiger partial charge in [0, 0.05) is 26.3 Å². The molecule has 1 N–H and O–H groups in total. The number of aromatic nitrogens is 1. The van der Waals surface area contributed by atoms with Gasteiger partial charge in [-0.3, -0.25) is 9.69 Å². The van der Waals surface area contributed by atoms with Crippen LogP contribution in [-0.4, -0.2) is 29.0 Å². The molecule has 0 saturated carbocycles. The zero-order valence-corrected chi connectivity index (χ0v) is 15.1. The maximum absolute atomic E-state index is 13.6. The molecule has 1 saturated heterocycles. The summed E-state index contributed by atoms with van der Waals surface area (Å²) in [5, 5.41) is 11.7. The number of rotatable bonds is 4. The summed E-state index contributed by atoms with van der Waals surface area (Å²) in [6.45, 7) is 1.59. The third-order valence-electron chi connectivity index (χ3n) is 5.11. The van der Waals surface area contributed by atoms with Crippen LogP contribution in [0, 0.1) is 17.1 Å². The van der Waals surface area contributed by atoms with E-state index >= 15 is 0 Å². The molecule has 2 aromatic rings. The minimum absolute atomic E-state index is 0.0804. The predicted octanol–water partition coefficient (Wildman–Crippen LogP) is 3.12. The molecule has 0 radical (unpaired) electrons. The molecule has 0 bridgehead atoms. The molecule has 0 unspecified atom stereocenters.